The Balaban J connectivity index is 1.92. The van der Waals surface area contributed by atoms with Crippen molar-refractivity contribution in [2.24, 2.45) is 0 Å². The summed E-state index contributed by atoms with van der Waals surface area (Å²) >= 11 is 0. The van der Waals surface area contributed by atoms with E-state index in [0.29, 0.717) is 18.4 Å². The summed E-state index contributed by atoms with van der Waals surface area (Å²) in [7, 11) is 0. The molecule has 1 aromatic carbocycles. The van der Waals surface area contributed by atoms with Crippen LogP contribution >= 0.6 is 0 Å². The zero-order valence-electron chi connectivity index (χ0n) is 18.2. The molecule has 1 saturated heterocycles. The van der Waals surface area contributed by atoms with Crippen molar-refractivity contribution in [2.45, 2.75) is 90.4 Å². The normalized spacial score (nSPS) is 17.2. The number of carbonyl (C=O) groups is 1. The van der Waals surface area contributed by atoms with Gasteiger partial charge in [0.25, 0.3) is 0 Å². The highest BCUT2D eigenvalue weighted by atomic mass is 16.7. The van der Waals surface area contributed by atoms with Crippen LogP contribution in [0.4, 0.5) is 0 Å². The van der Waals surface area contributed by atoms with Gasteiger partial charge in [-0.1, -0.05) is 56.4 Å². The van der Waals surface area contributed by atoms with Crippen molar-refractivity contribution in [3.8, 4) is 11.8 Å². The lowest BCUT2D eigenvalue weighted by atomic mass is 9.96. The molecular weight excluding hydrogens is 360 g/mol. The fourth-order valence-corrected chi connectivity index (χ4v) is 3.71. The van der Waals surface area contributed by atoms with Gasteiger partial charge in [0.2, 0.25) is 5.78 Å². The number of rotatable bonds is 11. The highest BCUT2D eigenvalue weighted by Crippen LogP contribution is 2.20. The maximum absolute atomic E-state index is 12.6. The number of ketones is 1. The van der Waals surface area contributed by atoms with Gasteiger partial charge in [-0.25, -0.2) is 0 Å². The molecule has 2 atom stereocenters. The Hall–Kier alpha value is -1.89. The van der Waals surface area contributed by atoms with Crippen molar-refractivity contribution in [1.29, 1.82) is 0 Å². The minimum atomic E-state index is -0.107. The lowest BCUT2D eigenvalue weighted by molar-refractivity contribution is -0.190. The second-order valence-electron chi connectivity index (χ2n) is 7.81. The lowest BCUT2D eigenvalue weighted by Crippen LogP contribution is -2.28. The fourth-order valence-electron chi connectivity index (χ4n) is 3.71. The molecule has 1 aliphatic heterocycles. The standard InChI is InChI=1S/C26H36O3/c1-4-6-7-15-22(29-26-19-10-11-20-28-26)16-8-9-18-25(27)24-17-12-14-21(3)23(24)13-5-2/h5,12,14,17,22,26H,2,4,6-8,10-11,13,15-16,19-20H2,1,3H3/t22-,26?/m0/s1. The second kappa shape index (κ2) is 13.4. The molecule has 0 amide bonds. The van der Waals surface area contributed by atoms with E-state index in [1.165, 1.54) is 19.3 Å². The SMILES string of the molecule is C=CCc1c(C)cccc1C(=O)C#CCC[C@H](CCCCC)OC1CCCCO1. The summed E-state index contributed by atoms with van der Waals surface area (Å²) in [6, 6.07) is 5.80. The van der Waals surface area contributed by atoms with Crippen LogP contribution in [0.3, 0.4) is 0 Å². The number of unbranched alkanes of at least 4 members (excludes halogenated alkanes) is 2. The summed E-state index contributed by atoms with van der Waals surface area (Å²) in [5, 5.41) is 0. The minimum Gasteiger partial charge on any atom is -0.353 e. The van der Waals surface area contributed by atoms with E-state index in [1.54, 1.807) is 0 Å². The van der Waals surface area contributed by atoms with Crippen molar-refractivity contribution in [2.75, 3.05) is 6.61 Å². The number of ether oxygens (including phenoxy) is 2. The van der Waals surface area contributed by atoms with Crippen molar-refractivity contribution in [3.05, 3.63) is 47.5 Å². The van der Waals surface area contributed by atoms with Crippen molar-refractivity contribution in [1.82, 2.24) is 0 Å². The molecule has 1 aromatic rings. The van der Waals surface area contributed by atoms with Crippen molar-refractivity contribution < 1.29 is 14.3 Å². The van der Waals surface area contributed by atoms with Gasteiger partial charge in [-0.15, -0.1) is 6.58 Å². The molecule has 3 heteroatoms. The molecule has 1 heterocycles. The monoisotopic (exact) mass is 396 g/mol. The van der Waals surface area contributed by atoms with Crippen LogP contribution in [0.1, 0.15) is 86.2 Å². The third-order valence-electron chi connectivity index (χ3n) is 5.41. The van der Waals surface area contributed by atoms with Gasteiger partial charge >= 0.3 is 0 Å². The molecule has 0 aromatic heterocycles. The minimum absolute atomic E-state index is 0.0706. The van der Waals surface area contributed by atoms with Crippen LogP contribution in [0.2, 0.25) is 0 Å². The number of hydrogen-bond donors (Lipinski definition) is 0. The van der Waals surface area contributed by atoms with Crippen LogP contribution in [0.5, 0.6) is 0 Å². The molecule has 0 bridgehead atoms. The topological polar surface area (TPSA) is 35.5 Å². The smallest absolute Gasteiger partial charge is 0.236 e. The summed E-state index contributed by atoms with van der Waals surface area (Å²) in [5.74, 6) is 5.82. The predicted octanol–water partition coefficient (Wildman–Crippen LogP) is 6.18. The maximum atomic E-state index is 12.6. The molecule has 158 valence electrons. The molecule has 0 aliphatic carbocycles. The number of benzene rings is 1. The molecule has 2 rings (SSSR count). The quantitative estimate of drug-likeness (QED) is 0.147. The molecule has 29 heavy (non-hydrogen) atoms. The first kappa shape index (κ1) is 23.4. The summed E-state index contributed by atoms with van der Waals surface area (Å²) in [6.07, 6.45) is 12.0. The van der Waals surface area contributed by atoms with Crippen molar-refractivity contribution in [3.63, 3.8) is 0 Å². The molecule has 0 saturated carbocycles. The van der Waals surface area contributed by atoms with Gasteiger partial charge in [0, 0.05) is 18.6 Å². The Morgan fingerprint density at radius 2 is 2.21 bits per heavy atom. The van der Waals surface area contributed by atoms with Crippen LogP contribution in [0.25, 0.3) is 0 Å². The molecule has 0 radical (unpaired) electrons. The Bertz CT molecular complexity index is 704. The first-order valence-electron chi connectivity index (χ1n) is 11.1. The van der Waals surface area contributed by atoms with Crippen LogP contribution in [-0.4, -0.2) is 24.8 Å². The van der Waals surface area contributed by atoms with Gasteiger partial charge in [-0.05, 0) is 62.5 Å². The molecule has 1 unspecified atom stereocenters. The number of aryl methyl sites for hydroxylation is 1. The fraction of sp³-hybridized carbons (Fsp3) is 0.577. The number of Topliss-reactive ketones (excluding diaryl/α,β-unsaturated/α-hetero) is 1. The van der Waals surface area contributed by atoms with Crippen LogP contribution < -0.4 is 0 Å². The van der Waals surface area contributed by atoms with E-state index in [1.807, 2.05) is 31.2 Å². The molecule has 3 nitrogen and oxygen atoms in total. The average molecular weight is 397 g/mol. The van der Waals surface area contributed by atoms with E-state index in [4.69, 9.17) is 9.47 Å². The largest absolute Gasteiger partial charge is 0.353 e. The molecule has 0 N–H and O–H groups in total. The van der Waals surface area contributed by atoms with Crippen LogP contribution in [-0.2, 0) is 15.9 Å². The third-order valence-corrected chi connectivity index (χ3v) is 5.41. The van der Waals surface area contributed by atoms with Gasteiger partial charge in [-0.3, -0.25) is 4.79 Å². The van der Waals surface area contributed by atoms with Gasteiger partial charge in [0.05, 0.1) is 6.10 Å². The maximum Gasteiger partial charge on any atom is 0.236 e. The second-order valence-corrected chi connectivity index (χ2v) is 7.81. The molecule has 1 aliphatic rings. The van der Waals surface area contributed by atoms with E-state index < -0.39 is 0 Å². The Labute approximate surface area is 176 Å². The van der Waals surface area contributed by atoms with Gasteiger partial charge in [0.1, 0.15) is 0 Å². The Morgan fingerprint density at radius 3 is 2.93 bits per heavy atom. The summed E-state index contributed by atoms with van der Waals surface area (Å²) in [5.41, 5.74) is 2.83. The molecular formula is C26H36O3. The first-order valence-corrected chi connectivity index (χ1v) is 11.1. The summed E-state index contributed by atoms with van der Waals surface area (Å²) < 4.78 is 12.0. The lowest BCUT2D eigenvalue weighted by Gasteiger charge is -2.27. The Morgan fingerprint density at radius 1 is 1.34 bits per heavy atom. The summed E-state index contributed by atoms with van der Waals surface area (Å²) in [4.78, 5) is 12.6. The molecule has 1 fully saturated rings. The first-order chi connectivity index (χ1) is 14.2. The Kier molecular flexibility index (Phi) is 10.8. The van der Waals surface area contributed by atoms with E-state index >= 15 is 0 Å². The zero-order valence-corrected chi connectivity index (χ0v) is 18.2. The van der Waals surface area contributed by atoms with Gasteiger partial charge < -0.3 is 9.47 Å². The predicted molar refractivity (Wildman–Crippen MR) is 119 cm³/mol. The van der Waals surface area contributed by atoms with E-state index in [-0.39, 0.29) is 18.2 Å². The highest BCUT2D eigenvalue weighted by Gasteiger charge is 2.19. The summed E-state index contributed by atoms with van der Waals surface area (Å²) in [6.45, 7) is 8.83. The highest BCUT2D eigenvalue weighted by molar-refractivity contribution is 6.10. The third kappa shape index (κ3) is 8.17. The zero-order chi connectivity index (χ0) is 20.9. The van der Waals surface area contributed by atoms with Gasteiger partial charge in [0.15, 0.2) is 6.29 Å². The van der Waals surface area contributed by atoms with E-state index in [2.05, 4.69) is 25.3 Å². The van der Waals surface area contributed by atoms with E-state index in [0.717, 1.165) is 49.8 Å². The number of allylic oxidation sites excluding steroid dienone is 1. The van der Waals surface area contributed by atoms with Crippen LogP contribution in [0.15, 0.2) is 30.9 Å². The average Bonchev–Trinajstić information content (AvgIpc) is 2.73. The van der Waals surface area contributed by atoms with E-state index in [9.17, 15) is 4.79 Å². The number of carbonyl (C=O) groups excluding carboxylic acids is 1. The van der Waals surface area contributed by atoms with Crippen molar-refractivity contribution >= 4 is 5.78 Å². The molecule has 0 spiro atoms. The number of hydrogen-bond acceptors (Lipinski definition) is 3. The van der Waals surface area contributed by atoms with Crippen LogP contribution in [0, 0.1) is 18.8 Å². The van der Waals surface area contributed by atoms with Gasteiger partial charge in [-0.2, -0.15) is 0 Å².